The van der Waals surface area contributed by atoms with Crippen molar-refractivity contribution in [3.8, 4) is 0 Å². The Morgan fingerprint density at radius 3 is 2.95 bits per heavy atom. The van der Waals surface area contributed by atoms with Gasteiger partial charge in [0, 0.05) is 44.8 Å². The number of rotatable bonds is 5. The Hall–Kier alpha value is -2.15. The van der Waals surface area contributed by atoms with E-state index in [1.54, 1.807) is 31.2 Å². The molecule has 7 heteroatoms. The Bertz CT molecular complexity index is 547. The molecule has 21 heavy (non-hydrogen) atoms. The molecule has 0 aromatic heterocycles. The van der Waals surface area contributed by atoms with Crippen LogP contribution in [0.1, 0.15) is 16.8 Å². The lowest BCUT2D eigenvalue weighted by molar-refractivity contribution is -0.384. The Labute approximate surface area is 123 Å². The number of carbonyl (C=O) groups is 1. The van der Waals surface area contributed by atoms with E-state index in [0.29, 0.717) is 36.9 Å². The molecule has 1 aliphatic rings. The molecule has 1 aliphatic heterocycles. The van der Waals surface area contributed by atoms with Crippen molar-refractivity contribution in [3.63, 3.8) is 0 Å². The Balaban J connectivity index is 2.17. The van der Waals surface area contributed by atoms with Crippen molar-refractivity contribution >= 4 is 17.3 Å². The molecule has 1 aromatic rings. The molecule has 7 nitrogen and oxygen atoms in total. The van der Waals surface area contributed by atoms with Crippen LogP contribution in [0, 0.1) is 16.0 Å². The van der Waals surface area contributed by atoms with Crippen molar-refractivity contribution in [1.29, 1.82) is 0 Å². The number of nitrogens with one attached hydrogen (secondary N) is 1. The topological polar surface area (TPSA) is 84.7 Å². The van der Waals surface area contributed by atoms with Gasteiger partial charge in [-0.25, -0.2) is 0 Å². The number of hydrogen-bond acceptors (Lipinski definition) is 5. The number of nitro benzene ring substituents is 1. The number of nitrogens with zero attached hydrogens (tertiary/aromatic N) is 2. The van der Waals surface area contributed by atoms with E-state index in [2.05, 4.69) is 5.32 Å². The molecule has 1 fully saturated rings. The largest absolute Gasteiger partial charge is 0.384 e. The summed E-state index contributed by atoms with van der Waals surface area (Å²) in [7, 11) is 3.25. The summed E-state index contributed by atoms with van der Waals surface area (Å²) < 4.78 is 5.10. The van der Waals surface area contributed by atoms with Gasteiger partial charge in [-0.2, -0.15) is 0 Å². The average Bonchev–Trinajstić information content (AvgIpc) is 2.94. The highest BCUT2D eigenvalue weighted by Gasteiger charge is 2.28. The summed E-state index contributed by atoms with van der Waals surface area (Å²) in [5, 5.41) is 13.8. The molecule has 0 saturated carbocycles. The van der Waals surface area contributed by atoms with E-state index in [9.17, 15) is 14.9 Å². The third kappa shape index (κ3) is 3.30. The number of ether oxygens (including phenoxy) is 1. The summed E-state index contributed by atoms with van der Waals surface area (Å²) in [5.74, 6) is 0.171. The van der Waals surface area contributed by atoms with E-state index < -0.39 is 4.92 Å². The smallest absolute Gasteiger partial charge is 0.293 e. The van der Waals surface area contributed by atoms with Gasteiger partial charge in [0.05, 0.1) is 11.5 Å². The molecule has 1 atom stereocenters. The first-order chi connectivity index (χ1) is 10.1. The molecule has 2 rings (SSSR count). The van der Waals surface area contributed by atoms with Crippen LogP contribution in [0.25, 0.3) is 0 Å². The fourth-order valence-corrected chi connectivity index (χ4v) is 2.60. The summed E-state index contributed by atoms with van der Waals surface area (Å²) in [6.07, 6.45) is 0.899. The van der Waals surface area contributed by atoms with Gasteiger partial charge in [-0.15, -0.1) is 0 Å². The van der Waals surface area contributed by atoms with Crippen LogP contribution in [0.3, 0.4) is 0 Å². The molecule has 1 saturated heterocycles. The fraction of sp³-hybridized carbons (Fsp3) is 0.500. The lowest BCUT2D eigenvalue weighted by Gasteiger charge is -2.16. The summed E-state index contributed by atoms with van der Waals surface area (Å²) >= 11 is 0. The molecule has 0 spiro atoms. The van der Waals surface area contributed by atoms with Gasteiger partial charge in [0.25, 0.3) is 11.6 Å². The second-order valence-corrected chi connectivity index (χ2v) is 5.10. The van der Waals surface area contributed by atoms with Crippen LogP contribution in [0.4, 0.5) is 11.4 Å². The summed E-state index contributed by atoms with van der Waals surface area (Å²) in [6, 6.07) is 4.51. The van der Waals surface area contributed by atoms with Crippen LogP contribution >= 0.6 is 0 Å². The SMILES string of the molecule is CNc1ccc(C(=O)N2CCC(COC)C2)cc1[N+](=O)[O-]. The van der Waals surface area contributed by atoms with Gasteiger partial charge in [-0.1, -0.05) is 0 Å². The Morgan fingerprint density at radius 1 is 1.57 bits per heavy atom. The zero-order chi connectivity index (χ0) is 15.4. The van der Waals surface area contributed by atoms with Crippen LogP contribution in [0.15, 0.2) is 18.2 Å². The Morgan fingerprint density at radius 2 is 2.33 bits per heavy atom. The summed E-state index contributed by atoms with van der Waals surface area (Å²) in [5.41, 5.74) is 0.657. The predicted octanol–water partition coefficient (Wildman–Crippen LogP) is 1.74. The lowest BCUT2D eigenvalue weighted by Crippen LogP contribution is -2.29. The lowest BCUT2D eigenvalue weighted by atomic mass is 10.1. The zero-order valence-electron chi connectivity index (χ0n) is 12.2. The number of benzene rings is 1. The first-order valence-corrected chi connectivity index (χ1v) is 6.81. The third-order valence-corrected chi connectivity index (χ3v) is 3.69. The van der Waals surface area contributed by atoms with Gasteiger partial charge in [0.15, 0.2) is 0 Å². The van der Waals surface area contributed by atoms with Crippen molar-refractivity contribution in [1.82, 2.24) is 4.90 Å². The molecule has 114 valence electrons. The Kier molecular flexibility index (Phi) is 4.74. The second kappa shape index (κ2) is 6.53. The summed E-state index contributed by atoms with van der Waals surface area (Å²) in [6.45, 7) is 1.92. The van der Waals surface area contributed by atoms with Crippen LogP contribution in [-0.2, 0) is 4.74 Å². The quantitative estimate of drug-likeness (QED) is 0.660. The fourth-order valence-electron chi connectivity index (χ4n) is 2.60. The minimum absolute atomic E-state index is 0.0870. The molecule has 1 N–H and O–H groups in total. The van der Waals surface area contributed by atoms with E-state index in [1.807, 2.05) is 0 Å². The van der Waals surface area contributed by atoms with Crippen molar-refractivity contribution in [2.45, 2.75) is 6.42 Å². The number of anilines is 1. The van der Waals surface area contributed by atoms with Crippen molar-refractivity contribution in [2.75, 3.05) is 39.2 Å². The van der Waals surface area contributed by atoms with Crippen molar-refractivity contribution in [2.24, 2.45) is 5.92 Å². The standard InChI is InChI=1S/C14H19N3O4/c1-15-12-4-3-11(7-13(12)17(19)20)14(18)16-6-5-10(8-16)9-21-2/h3-4,7,10,15H,5-6,8-9H2,1-2H3. The van der Waals surface area contributed by atoms with Gasteiger partial charge in [0.1, 0.15) is 5.69 Å². The van der Waals surface area contributed by atoms with Gasteiger partial charge in [-0.05, 0) is 18.6 Å². The monoisotopic (exact) mass is 293 g/mol. The third-order valence-electron chi connectivity index (χ3n) is 3.69. The molecule has 0 aliphatic carbocycles. The molecule has 0 bridgehead atoms. The normalized spacial score (nSPS) is 17.8. The number of amides is 1. The van der Waals surface area contributed by atoms with E-state index in [0.717, 1.165) is 6.42 Å². The highest BCUT2D eigenvalue weighted by atomic mass is 16.6. The number of hydrogen-bond donors (Lipinski definition) is 1. The highest BCUT2D eigenvalue weighted by molar-refractivity contribution is 5.96. The first kappa shape index (κ1) is 15.2. The number of methoxy groups -OCH3 is 1. The summed E-state index contributed by atoms with van der Waals surface area (Å²) in [4.78, 5) is 24.7. The molecule has 1 aromatic carbocycles. The minimum Gasteiger partial charge on any atom is -0.384 e. The maximum atomic E-state index is 12.4. The van der Waals surface area contributed by atoms with E-state index in [1.165, 1.54) is 6.07 Å². The maximum Gasteiger partial charge on any atom is 0.293 e. The molecular weight excluding hydrogens is 274 g/mol. The zero-order valence-corrected chi connectivity index (χ0v) is 12.2. The molecule has 1 amide bonds. The van der Waals surface area contributed by atoms with Crippen molar-refractivity contribution in [3.05, 3.63) is 33.9 Å². The van der Waals surface area contributed by atoms with Crippen LogP contribution in [0.2, 0.25) is 0 Å². The number of likely N-dealkylation sites (tertiary alicyclic amines) is 1. The number of carbonyl (C=O) groups excluding carboxylic acids is 1. The molecule has 1 unspecified atom stereocenters. The van der Waals surface area contributed by atoms with Crippen LogP contribution in [-0.4, -0.2) is 49.6 Å². The highest BCUT2D eigenvalue weighted by Crippen LogP contribution is 2.27. The van der Waals surface area contributed by atoms with E-state index in [4.69, 9.17) is 4.74 Å². The minimum atomic E-state index is -0.486. The van der Waals surface area contributed by atoms with Gasteiger partial charge in [0.2, 0.25) is 0 Å². The van der Waals surface area contributed by atoms with Crippen LogP contribution < -0.4 is 5.32 Å². The molecular formula is C14H19N3O4. The number of nitro groups is 1. The van der Waals surface area contributed by atoms with E-state index >= 15 is 0 Å². The van der Waals surface area contributed by atoms with Crippen molar-refractivity contribution < 1.29 is 14.5 Å². The van der Waals surface area contributed by atoms with Gasteiger partial charge < -0.3 is 15.0 Å². The second-order valence-electron chi connectivity index (χ2n) is 5.10. The van der Waals surface area contributed by atoms with Gasteiger partial charge in [-0.3, -0.25) is 14.9 Å². The first-order valence-electron chi connectivity index (χ1n) is 6.81. The predicted molar refractivity (Wildman–Crippen MR) is 78.5 cm³/mol. The maximum absolute atomic E-state index is 12.4. The average molecular weight is 293 g/mol. The molecule has 0 radical (unpaired) electrons. The molecule has 1 heterocycles. The van der Waals surface area contributed by atoms with E-state index in [-0.39, 0.29) is 11.6 Å². The van der Waals surface area contributed by atoms with Crippen LogP contribution in [0.5, 0.6) is 0 Å². The van der Waals surface area contributed by atoms with Gasteiger partial charge >= 0.3 is 0 Å².